The molecule has 10 rings (SSSR count). The molecule has 5 heteroatoms. The van der Waals surface area contributed by atoms with Crippen LogP contribution in [0.25, 0.3) is 90.2 Å². The van der Waals surface area contributed by atoms with Gasteiger partial charge in [-0.05, 0) is 70.8 Å². The van der Waals surface area contributed by atoms with E-state index in [0.717, 1.165) is 94.9 Å². The zero-order chi connectivity index (χ0) is 34.4. The number of rotatable bonds is 3. The largest absolute Gasteiger partial charge is 0.456 e. The van der Waals surface area contributed by atoms with Crippen LogP contribution in [0.2, 0.25) is 0 Å². The lowest BCUT2D eigenvalue weighted by molar-refractivity contribution is 0.487. The van der Waals surface area contributed by atoms with E-state index in [1.165, 1.54) is 0 Å². The number of aromatic nitrogens is 3. The summed E-state index contributed by atoms with van der Waals surface area (Å²) >= 11 is 0. The van der Waals surface area contributed by atoms with Crippen LogP contribution in [-0.2, 0) is 0 Å². The van der Waals surface area contributed by atoms with Gasteiger partial charge in [-0.3, -0.25) is 4.98 Å². The van der Waals surface area contributed by atoms with Gasteiger partial charge in [-0.1, -0.05) is 115 Å². The van der Waals surface area contributed by atoms with Gasteiger partial charge in [0.05, 0.1) is 11.4 Å². The Hall–Kier alpha value is -7.11. The van der Waals surface area contributed by atoms with E-state index in [1.807, 2.05) is 72.9 Å². The molecule has 4 heterocycles. The highest BCUT2D eigenvalue weighted by Crippen LogP contribution is 2.45. The Balaban J connectivity index is 1.24. The minimum Gasteiger partial charge on any atom is -0.456 e. The number of para-hydroxylation sites is 2. The molecule has 3 aromatic heterocycles. The minimum atomic E-state index is 0.615. The van der Waals surface area contributed by atoms with Crippen molar-refractivity contribution in [2.45, 2.75) is 0 Å². The lowest BCUT2D eigenvalue weighted by Gasteiger charge is -2.17. The van der Waals surface area contributed by atoms with Gasteiger partial charge >= 0.3 is 0 Å². The molecule has 0 radical (unpaired) electrons. The third-order valence-electron chi connectivity index (χ3n) is 9.63. The second kappa shape index (κ2) is 12.3. The summed E-state index contributed by atoms with van der Waals surface area (Å²) in [5.74, 6) is 2.12. The SMILES string of the molecule is C1=C\c2ccc(-c3nc(-c4ccccc4)cc(-c4cccnc4)n3)cc2-c2cc3oc4ccccc4c3cc2Oc2ccccc2-c2ccccc2/1. The first-order valence-electron chi connectivity index (χ1n) is 17.2. The van der Waals surface area contributed by atoms with Crippen LogP contribution in [0.1, 0.15) is 11.1 Å². The highest BCUT2D eigenvalue weighted by atomic mass is 16.5. The number of ether oxygens (including phenoxy) is 1. The maximum absolute atomic E-state index is 7.01. The van der Waals surface area contributed by atoms with Crippen LogP contribution in [0.15, 0.2) is 168 Å². The maximum atomic E-state index is 7.01. The molecule has 1 aliphatic rings. The first-order valence-corrected chi connectivity index (χ1v) is 17.2. The highest BCUT2D eigenvalue weighted by Gasteiger charge is 2.21. The maximum Gasteiger partial charge on any atom is 0.160 e. The Morgan fingerprint density at radius 3 is 2.02 bits per heavy atom. The number of pyridine rings is 1. The lowest BCUT2D eigenvalue weighted by atomic mass is 9.94. The van der Waals surface area contributed by atoms with Gasteiger partial charge in [0.25, 0.3) is 0 Å². The van der Waals surface area contributed by atoms with Crippen molar-refractivity contribution in [3.8, 4) is 67.7 Å². The van der Waals surface area contributed by atoms with Gasteiger partial charge in [0, 0.05) is 51.0 Å². The molecule has 0 saturated carbocycles. The molecule has 0 spiro atoms. The predicted octanol–water partition coefficient (Wildman–Crippen LogP) is 12.4. The van der Waals surface area contributed by atoms with E-state index in [0.29, 0.717) is 5.82 Å². The first kappa shape index (κ1) is 29.8. The Kier molecular flexibility index (Phi) is 7.07. The van der Waals surface area contributed by atoms with Crippen molar-refractivity contribution in [3.05, 3.63) is 175 Å². The molecule has 9 aromatic rings. The zero-order valence-electron chi connectivity index (χ0n) is 27.9. The van der Waals surface area contributed by atoms with Crippen LogP contribution in [-0.4, -0.2) is 15.0 Å². The van der Waals surface area contributed by atoms with Crippen molar-refractivity contribution in [1.82, 2.24) is 15.0 Å². The summed E-state index contributed by atoms with van der Waals surface area (Å²) in [5.41, 5.74) is 12.2. The van der Waals surface area contributed by atoms with Crippen LogP contribution in [0, 0.1) is 0 Å². The molecule has 1 aliphatic heterocycles. The van der Waals surface area contributed by atoms with Gasteiger partial charge in [-0.2, -0.15) is 0 Å². The number of furan rings is 1. The van der Waals surface area contributed by atoms with E-state index in [9.17, 15) is 0 Å². The standard InChI is InChI=1S/C47H29N3O2/c1-2-12-32(13-3-1)41-28-42(34-14-10-24-48-29-34)50-47(49-41)33-23-22-31-21-20-30-11-4-5-15-35(30)36-16-6-8-18-43(36)51-46-26-39-37-17-7-9-19-44(37)52-45(39)27-40(46)38(31)25-33/h1-29H/b21-20-. The van der Waals surface area contributed by atoms with E-state index < -0.39 is 0 Å². The van der Waals surface area contributed by atoms with Crippen LogP contribution < -0.4 is 4.74 Å². The Morgan fingerprint density at radius 2 is 1.15 bits per heavy atom. The second-order valence-electron chi connectivity index (χ2n) is 12.8. The molecular formula is C47H29N3O2. The molecule has 6 aromatic carbocycles. The van der Waals surface area contributed by atoms with Gasteiger partial charge in [-0.25, -0.2) is 9.97 Å². The van der Waals surface area contributed by atoms with Crippen molar-refractivity contribution < 1.29 is 9.15 Å². The monoisotopic (exact) mass is 667 g/mol. The first-order chi connectivity index (χ1) is 25.7. The van der Waals surface area contributed by atoms with Gasteiger partial charge in [-0.15, -0.1) is 0 Å². The van der Waals surface area contributed by atoms with Crippen LogP contribution >= 0.6 is 0 Å². The minimum absolute atomic E-state index is 0.615. The molecule has 0 saturated heterocycles. The quantitative estimate of drug-likeness (QED) is 0.188. The molecule has 0 atom stereocenters. The summed E-state index contributed by atoms with van der Waals surface area (Å²) in [7, 11) is 0. The summed E-state index contributed by atoms with van der Waals surface area (Å²) in [6.45, 7) is 0. The van der Waals surface area contributed by atoms with E-state index in [-0.39, 0.29) is 0 Å². The van der Waals surface area contributed by atoms with Gasteiger partial charge in [0.2, 0.25) is 0 Å². The summed E-state index contributed by atoms with van der Waals surface area (Å²) in [4.78, 5) is 14.6. The molecule has 5 nitrogen and oxygen atoms in total. The van der Waals surface area contributed by atoms with Crippen LogP contribution in [0.4, 0.5) is 0 Å². The van der Waals surface area contributed by atoms with Gasteiger partial charge < -0.3 is 9.15 Å². The summed E-state index contributed by atoms with van der Waals surface area (Å²) in [6.07, 6.45) is 7.97. The Morgan fingerprint density at radius 1 is 0.423 bits per heavy atom. The number of nitrogens with zero attached hydrogens (tertiary/aromatic N) is 3. The Labute approximate surface area is 300 Å². The topological polar surface area (TPSA) is 61.0 Å². The van der Waals surface area contributed by atoms with Crippen molar-refractivity contribution in [2.75, 3.05) is 0 Å². The molecular weight excluding hydrogens is 639 g/mol. The fraction of sp³-hybridized carbons (Fsp3) is 0. The van der Waals surface area contributed by atoms with E-state index in [1.54, 1.807) is 6.20 Å². The van der Waals surface area contributed by atoms with Crippen LogP contribution in [0.5, 0.6) is 11.5 Å². The molecule has 0 N–H and O–H groups in total. The van der Waals surface area contributed by atoms with E-state index in [4.69, 9.17) is 19.1 Å². The average Bonchev–Trinajstić information content (AvgIpc) is 3.57. The lowest BCUT2D eigenvalue weighted by Crippen LogP contribution is -1.97. The van der Waals surface area contributed by atoms with Crippen molar-refractivity contribution >= 4 is 34.1 Å². The summed E-state index contributed by atoms with van der Waals surface area (Å²) in [6, 6.07) is 51.6. The van der Waals surface area contributed by atoms with Gasteiger partial charge in [0.15, 0.2) is 5.82 Å². The molecule has 52 heavy (non-hydrogen) atoms. The fourth-order valence-electron chi connectivity index (χ4n) is 7.08. The Bertz CT molecular complexity index is 2760. The van der Waals surface area contributed by atoms with Crippen molar-refractivity contribution in [3.63, 3.8) is 0 Å². The number of hydrogen-bond acceptors (Lipinski definition) is 5. The molecule has 244 valence electrons. The van der Waals surface area contributed by atoms with Crippen molar-refractivity contribution in [2.24, 2.45) is 0 Å². The second-order valence-corrected chi connectivity index (χ2v) is 12.8. The summed E-state index contributed by atoms with van der Waals surface area (Å²) in [5, 5.41) is 2.04. The number of hydrogen-bond donors (Lipinski definition) is 0. The summed E-state index contributed by atoms with van der Waals surface area (Å²) < 4.78 is 13.5. The number of fused-ring (bicyclic) bond motifs is 9. The molecule has 0 bridgehead atoms. The van der Waals surface area contributed by atoms with Crippen molar-refractivity contribution in [1.29, 1.82) is 0 Å². The third-order valence-corrected chi connectivity index (χ3v) is 9.63. The molecule has 0 aliphatic carbocycles. The molecule has 0 amide bonds. The highest BCUT2D eigenvalue weighted by molar-refractivity contribution is 6.07. The van der Waals surface area contributed by atoms with E-state index in [2.05, 4.69) is 102 Å². The molecule has 0 fully saturated rings. The zero-order valence-corrected chi connectivity index (χ0v) is 27.9. The van der Waals surface area contributed by atoms with E-state index >= 15 is 0 Å². The normalized spacial score (nSPS) is 12.5. The van der Waals surface area contributed by atoms with Crippen LogP contribution in [0.3, 0.4) is 0 Å². The predicted molar refractivity (Wildman–Crippen MR) is 210 cm³/mol. The third kappa shape index (κ3) is 5.24. The average molecular weight is 668 g/mol. The van der Waals surface area contributed by atoms with Gasteiger partial charge in [0.1, 0.15) is 22.7 Å². The molecule has 0 unspecified atom stereocenters. The smallest absolute Gasteiger partial charge is 0.160 e. The fourth-order valence-corrected chi connectivity index (χ4v) is 7.08. The number of benzene rings is 6.